The summed E-state index contributed by atoms with van der Waals surface area (Å²) in [4.78, 5) is 0. The van der Waals surface area contributed by atoms with Gasteiger partial charge in [0.15, 0.2) is 5.11 Å². The van der Waals surface area contributed by atoms with E-state index >= 15 is 0 Å². The summed E-state index contributed by atoms with van der Waals surface area (Å²) in [6, 6.07) is 6.24. The number of hydrogen-bond donors (Lipinski definition) is 2. The molecule has 0 bridgehead atoms. The molecule has 1 heterocycles. The van der Waals surface area contributed by atoms with Crippen LogP contribution in [0.15, 0.2) is 30.6 Å². The van der Waals surface area contributed by atoms with Crippen LogP contribution in [0.1, 0.15) is 16.7 Å². The van der Waals surface area contributed by atoms with Crippen molar-refractivity contribution in [2.45, 2.75) is 20.4 Å². The standard InChI is InChI=1S/C14H18N4S/c1-10-4-5-13(11(2)6-10)17-14(19)15-7-12-8-16-18(3)9-12/h4-6,8-9H,7H2,1-3H3,(H2,15,17,19). The molecule has 0 radical (unpaired) electrons. The quantitative estimate of drug-likeness (QED) is 0.844. The molecule has 0 aliphatic heterocycles. The summed E-state index contributed by atoms with van der Waals surface area (Å²) in [6.07, 6.45) is 3.79. The molecule has 0 saturated carbocycles. The summed E-state index contributed by atoms with van der Waals surface area (Å²) in [6.45, 7) is 4.82. The Hall–Kier alpha value is -1.88. The molecule has 0 atom stereocenters. The van der Waals surface area contributed by atoms with Gasteiger partial charge in [-0.25, -0.2) is 0 Å². The minimum Gasteiger partial charge on any atom is -0.358 e. The first kappa shape index (κ1) is 13.5. The second-order valence-corrected chi connectivity index (χ2v) is 5.06. The van der Waals surface area contributed by atoms with Crippen LogP contribution in [-0.2, 0) is 13.6 Å². The number of aromatic nitrogens is 2. The van der Waals surface area contributed by atoms with Crippen molar-refractivity contribution in [3.05, 3.63) is 47.3 Å². The summed E-state index contributed by atoms with van der Waals surface area (Å²) in [5.74, 6) is 0. The van der Waals surface area contributed by atoms with Gasteiger partial charge in [0, 0.05) is 31.0 Å². The number of aryl methyl sites for hydroxylation is 3. The summed E-state index contributed by atoms with van der Waals surface area (Å²) in [7, 11) is 1.90. The molecule has 0 aliphatic carbocycles. The Bertz CT molecular complexity index is 589. The van der Waals surface area contributed by atoms with E-state index in [1.165, 1.54) is 11.1 Å². The summed E-state index contributed by atoms with van der Waals surface area (Å²) in [5.41, 5.74) is 4.57. The Balaban J connectivity index is 1.90. The zero-order chi connectivity index (χ0) is 13.8. The second-order valence-electron chi connectivity index (χ2n) is 4.65. The molecular weight excluding hydrogens is 256 g/mol. The highest BCUT2D eigenvalue weighted by molar-refractivity contribution is 7.80. The number of thiocarbonyl (C=S) groups is 1. The van der Waals surface area contributed by atoms with Gasteiger partial charge in [-0.2, -0.15) is 5.10 Å². The molecule has 19 heavy (non-hydrogen) atoms. The maximum Gasteiger partial charge on any atom is 0.171 e. The average molecular weight is 274 g/mol. The molecule has 0 unspecified atom stereocenters. The molecule has 2 rings (SSSR count). The monoisotopic (exact) mass is 274 g/mol. The van der Waals surface area contributed by atoms with Gasteiger partial charge in [0.1, 0.15) is 0 Å². The van der Waals surface area contributed by atoms with Crippen LogP contribution in [0.2, 0.25) is 0 Å². The minimum atomic E-state index is 0.621. The first-order chi connectivity index (χ1) is 9.04. The first-order valence-electron chi connectivity index (χ1n) is 6.14. The van der Waals surface area contributed by atoms with E-state index in [9.17, 15) is 0 Å². The smallest absolute Gasteiger partial charge is 0.171 e. The van der Waals surface area contributed by atoms with Crippen LogP contribution >= 0.6 is 12.2 Å². The molecule has 0 spiro atoms. The van der Waals surface area contributed by atoms with Crippen LogP contribution in [0.3, 0.4) is 0 Å². The van der Waals surface area contributed by atoms with Gasteiger partial charge in [-0.05, 0) is 37.7 Å². The van der Waals surface area contributed by atoms with Crippen molar-refractivity contribution in [3.63, 3.8) is 0 Å². The molecule has 4 nitrogen and oxygen atoms in total. The topological polar surface area (TPSA) is 41.9 Å². The number of hydrogen-bond acceptors (Lipinski definition) is 2. The molecular formula is C14H18N4S. The second kappa shape index (κ2) is 5.84. The summed E-state index contributed by atoms with van der Waals surface area (Å²) in [5, 5.41) is 11.1. The summed E-state index contributed by atoms with van der Waals surface area (Å²) >= 11 is 5.29. The lowest BCUT2D eigenvalue weighted by Crippen LogP contribution is -2.28. The van der Waals surface area contributed by atoms with Gasteiger partial charge < -0.3 is 10.6 Å². The Morgan fingerprint density at radius 1 is 1.37 bits per heavy atom. The predicted molar refractivity (Wildman–Crippen MR) is 82.2 cm³/mol. The number of rotatable bonds is 3. The molecule has 100 valence electrons. The van der Waals surface area contributed by atoms with Crippen LogP contribution in [0.25, 0.3) is 0 Å². The van der Waals surface area contributed by atoms with Crippen molar-refractivity contribution in [2.75, 3.05) is 5.32 Å². The molecule has 2 aromatic rings. The Kier molecular flexibility index (Phi) is 4.16. The molecule has 5 heteroatoms. The van der Waals surface area contributed by atoms with E-state index in [1.807, 2.05) is 25.5 Å². The van der Waals surface area contributed by atoms with Gasteiger partial charge in [0.2, 0.25) is 0 Å². The van der Waals surface area contributed by atoms with Crippen LogP contribution < -0.4 is 10.6 Å². The number of anilines is 1. The fourth-order valence-electron chi connectivity index (χ4n) is 1.87. The number of nitrogens with zero attached hydrogens (tertiary/aromatic N) is 2. The maximum atomic E-state index is 5.29. The predicted octanol–water partition coefficient (Wildman–Crippen LogP) is 2.52. The van der Waals surface area contributed by atoms with E-state index in [0.717, 1.165) is 11.3 Å². The van der Waals surface area contributed by atoms with E-state index in [-0.39, 0.29) is 0 Å². The number of nitrogens with one attached hydrogen (secondary N) is 2. The number of benzene rings is 1. The highest BCUT2D eigenvalue weighted by Crippen LogP contribution is 2.15. The Labute approximate surface area is 118 Å². The Morgan fingerprint density at radius 3 is 2.79 bits per heavy atom. The normalized spacial score (nSPS) is 10.3. The van der Waals surface area contributed by atoms with E-state index in [0.29, 0.717) is 11.7 Å². The lowest BCUT2D eigenvalue weighted by atomic mass is 10.1. The van der Waals surface area contributed by atoms with Crippen molar-refractivity contribution in [2.24, 2.45) is 7.05 Å². The minimum absolute atomic E-state index is 0.621. The third-order valence-electron chi connectivity index (χ3n) is 2.84. The van der Waals surface area contributed by atoms with E-state index in [1.54, 1.807) is 4.68 Å². The third-order valence-corrected chi connectivity index (χ3v) is 3.09. The molecule has 0 amide bonds. The molecule has 1 aromatic carbocycles. The largest absolute Gasteiger partial charge is 0.358 e. The zero-order valence-corrected chi connectivity index (χ0v) is 12.2. The average Bonchev–Trinajstić information content (AvgIpc) is 2.76. The van der Waals surface area contributed by atoms with Crippen LogP contribution in [0.4, 0.5) is 5.69 Å². The lowest BCUT2D eigenvalue weighted by molar-refractivity contribution is 0.766. The SMILES string of the molecule is Cc1ccc(NC(=S)NCc2cnn(C)c2)c(C)c1. The lowest BCUT2D eigenvalue weighted by Gasteiger charge is -2.12. The van der Waals surface area contributed by atoms with Gasteiger partial charge in [0.05, 0.1) is 6.20 Å². The van der Waals surface area contributed by atoms with E-state index < -0.39 is 0 Å². The van der Waals surface area contributed by atoms with E-state index in [4.69, 9.17) is 12.2 Å². The molecule has 2 N–H and O–H groups in total. The summed E-state index contributed by atoms with van der Waals surface area (Å²) < 4.78 is 1.78. The molecule has 0 saturated heterocycles. The van der Waals surface area contributed by atoms with Gasteiger partial charge in [0.25, 0.3) is 0 Å². The van der Waals surface area contributed by atoms with Gasteiger partial charge in [-0.1, -0.05) is 17.7 Å². The highest BCUT2D eigenvalue weighted by Gasteiger charge is 2.02. The van der Waals surface area contributed by atoms with Crippen LogP contribution in [0.5, 0.6) is 0 Å². The first-order valence-corrected chi connectivity index (χ1v) is 6.55. The van der Waals surface area contributed by atoms with Crippen molar-refractivity contribution in [3.8, 4) is 0 Å². The van der Waals surface area contributed by atoms with Crippen LogP contribution in [-0.4, -0.2) is 14.9 Å². The van der Waals surface area contributed by atoms with Crippen molar-refractivity contribution in [1.82, 2.24) is 15.1 Å². The fraction of sp³-hybridized carbons (Fsp3) is 0.286. The van der Waals surface area contributed by atoms with Gasteiger partial charge >= 0.3 is 0 Å². The van der Waals surface area contributed by atoms with Crippen molar-refractivity contribution in [1.29, 1.82) is 0 Å². The third kappa shape index (κ3) is 3.79. The zero-order valence-electron chi connectivity index (χ0n) is 11.4. The Morgan fingerprint density at radius 2 is 2.16 bits per heavy atom. The van der Waals surface area contributed by atoms with Crippen LogP contribution in [0, 0.1) is 13.8 Å². The van der Waals surface area contributed by atoms with E-state index in [2.05, 4.69) is 41.7 Å². The van der Waals surface area contributed by atoms with Gasteiger partial charge in [-0.3, -0.25) is 4.68 Å². The van der Waals surface area contributed by atoms with Crippen molar-refractivity contribution >= 4 is 23.0 Å². The van der Waals surface area contributed by atoms with Crippen molar-refractivity contribution < 1.29 is 0 Å². The maximum absolute atomic E-state index is 5.29. The molecule has 1 aromatic heterocycles. The molecule has 0 aliphatic rings. The molecule has 0 fully saturated rings. The fourth-order valence-corrected chi connectivity index (χ4v) is 2.05. The van der Waals surface area contributed by atoms with Gasteiger partial charge in [-0.15, -0.1) is 0 Å². The highest BCUT2D eigenvalue weighted by atomic mass is 32.1.